The number of fused-ring (bicyclic) bond motifs is 4. The van der Waals surface area contributed by atoms with Crippen LogP contribution in [0.15, 0.2) is 73.1 Å². The third-order valence-corrected chi connectivity index (χ3v) is 5.76. The van der Waals surface area contributed by atoms with Gasteiger partial charge in [0.05, 0.1) is 12.5 Å². The Kier molecular flexibility index (Phi) is 4.60. The van der Waals surface area contributed by atoms with E-state index in [4.69, 9.17) is 10.5 Å². The number of hydrogen-bond donors (Lipinski definition) is 1. The number of anilines is 1. The molecule has 5 nitrogen and oxygen atoms in total. The Labute approximate surface area is 176 Å². The highest BCUT2D eigenvalue weighted by Gasteiger charge is 2.36. The maximum atomic E-state index is 6.71. The molecule has 0 saturated carbocycles. The van der Waals surface area contributed by atoms with Gasteiger partial charge in [-0.3, -0.25) is 0 Å². The predicted molar refractivity (Wildman–Crippen MR) is 119 cm³/mol. The highest BCUT2D eigenvalue weighted by atomic mass is 16.5. The fourth-order valence-corrected chi connectivity index (χ4v) is 4.20. The third-order valence-electron chi connectivity index (χ3n) is 5.76. The van der Waals surface area contributed by atoms with E-state index in [0.29, 0.717) is 11.7 Å². The third kappa shape index (κ3) is 3.08. The van der Waals surface area contributed by atoms with Crippen LogP contribution in [-0.4, -0.2) is 30.5 Å². The molecule has 150 valence electrons. The summed E-state index contributed by atoms with van der Waals surface area (Å²) in [4.78, 5) is 6.82. The molecular formula is C25H25N4O+. The van der Waals surface area contributed by atoms with E-state index in [9.17, 15) is 0 Å². The fourth-order valence-electron chi connectivity index (χ4n) is 4.20. The van der Waals surface area contributed by atoms with Crippen molar-refractivity contribution >= 4 is 16.6 Å². The smallest absolute Gasteiger partial charge is 0.306 e. The lowest BCUT2D eigenvalue weighted by Gasteiger charge is -2.28. The first kappa shape index (κ1) is 18.6. The Bertz CT molecular complexity index is 1220. The minimum absolute atomic E-state index is 0.0335. The van der Waals surface area contributed by atoms with E-state index in [2.05, 4.69) is 72.5 Å². The van der Waals surface area contributed by atoms with Gasteiger partial charge in [-0.05, 0) is 25.0 Å². The normalized spacial score (nSPS) is 15.0. The zero-order valence-corrected chi connectivity index (χ0v) is 17.2. The lowest BCUT2D eigenvalue weighted by molar-refractivity contribution is -0.685. The zero-order valence-electron chi connectivity index (χ0n) is 17.2. The Hall–Kier alpha value is -3.44. The van der Waals surface area contributed by atoms with Crippen molar-refractivity contribution < 1.29 is 9.30 Å². The average molecular weight is 398 g/mol. The lowest BCUT2D eigenvalue weighted by atomic mass is 9.82. The highest BCUT2D eigenvalue weighted by molar-refractivity contribution is 5.91. The number of benzene rings is 3. The van der Waals surface area contributed by atoms with Crippen molar-refractivity contribution in [2.45, 2.75) is 12.5 Å². The molecule has 4 aromatic rings. The molecule has 0 saturated heterocycles. The molecule has 1 aromatic heterocycles. The Morgan fingerprint density at radius 2 is 1.77 bits per heavy atom. The van der Waals surface area contributed by atoms with Crippen LogP contribution in [0.4, 0.5) is 5.82 Å². The van der Waals surface area contributed by atoms with E-state index >= 15 is 0 Å². The SMILES string of the molecule is CN(C)CC[n+]1cnc2c(c1N)[C@@H](c1ccccc1)c1ccc3ccccc3c1O2. The van der Waals surface area contributed by atoms with E-state index in [0.717, 1.165) is 40.7 Å². The van der Waals surface area contributed by atoms with E-state index in [1.165, 1.54) is 5.56 Å². The number of rotatable bonds is 4. The molecule has 2 N–H and O–H groups in total. The van der Waals surface area contributed by atoms with Crippen LogP contribution >= 0.6 is 0 Å². The van der Waals surface area contributed by atoms with Crippen LogP contribution in [0.5, 0.6) is 11.6 Å². The van der Waals surface area contributed by atoms with Crippen molar-refractivity contribution in [1.29, 1.82) is 0 Å². The number of ether oxygens (including phenoxy) is 1. The Balaban J connectivity index is 1.74. The topological polar surface area (TPSA) is 55.3 Å². The lowest BCUT2D eigenvalue weighted by Crippen LogP contribution is -2.43. The van der Waals surface area contributed by atoms with Gasteiger partial charge in [0, 0.05) is 17.5 Å². The molecule has 0 amide bonds. The maximum absolute atomic E-state index is 6.71. The number of nitrogen functional groups attached to an aromatic ring is 1. The summed E-state index contributed by atoms with van der Waals surface area (Å²) in [5.41, 5.74) is 9.94. The van der Waals surface area contributed by atoms with Crippen LogP contribution < -0.4 is 15.0 Å². The molecule has 3 aromatic carbocycles. The van der Waals surface area contributed by atoms with Crippen LogP contribution in [-0.2, 0) is 6.54 Å². The van der Waals surface area contributed by atoms with Crippen molar-refractivity contribution in [1.82, 2.24) is 9.88 Å². The van der Waals surface area contributed by atoms with Gasteiger partial charge in [0.1, 0.15) is 11.3 Å². The van der Waals surface area contributed by atoms with Crippen LogP contribution in [0.3, 0.4) is 0 Å². The van der Waals surface area contributed by atoms with Gasteiger partial charge in [-0.15, -0.1) is 0 Å². The molecule has 5 heteroatoms. The number of aromatic nitrogens is 2. The van der Waals surface area contributed by atoms with Gasteiger partial charge in [0.2, 0.25) is 12.1 Å². The molecule has 1 aliphatic heterocycles. The highest BCUT2D eigenvalue weighted by Crippen LogP contribution is 2.50. The second-order valence-corrected chi connectivity index (χ2v) is 8.00. The standard InChI is InChI=1S/C25H24N4O/c1-28(2)14-15-29-16-27-25-22(24(29)26)21(18-9-4-3-5-10-18)20-13-12-17-8-6-7-11-19(17)23(20)30-25/h3-13,16,21,26H,14-15H2,1-2H3/p+1/t21-/m0/s1. The first-order valence-corrected chi connectivity index (χ1v) is 10.2. The summed E-state index contributed by atoms with van der Waals surface area (Å²) in [5.74, 6) is 2.13. The summed E-state index contributed by atoms with van der Waals surface area (Å²) >= 11 is 0. The van der Waals surface area contributed by atoms with Crippen molar-refractivity contribution in [2.75, 3.05) is 26.4 Å². The summed E-state index contributed by atoms with van der Waals surface area (Å²) in [5, 5.41) is 2.24. The van der Waals surface area contributed by atoms with E-state index < -0.39 is 0 Å². The van der Waals surface area contributed by atoms with Crippen LogP contribution in [0, 0.1) is 0 Å². The second kappa shape index (κ2) is 7.43. The Morgan fingerprint density at radius 1 is 1.00 bits per heavy atom. The van der Waals surface area contributed by atoms with E-state index in [1.807, 2.05) is 22.8 Å². The monoisotopic (exact) mass is 397 g/mol. The van der Waals surface area contributed by atoms with E-state index in [1.54, 1.807) is 6.33 Å². The molecule has 0 radical (unpaired) electrons. The van der Waals surface area contributed by atoms with Gasteiger partial charge in [0.15, 0.2) is 0 Å². The number of hydrogen-bond acceptors (Lipinski definition) is 4. The molecule has 0 fully saturated rings. The minimum Gasteiger partial charge on any atom is -0.425 e. The van der Waals surface area contributed by atoms with Gasteiger partial charge in [-0.1, -0.05) is 71.7 Å². The largest absolute Gasteiger partial charge is 0.425 e. The quantitative estimate of drug-likeness (QED) is 0.467. The van der Waals surface area contributed by atoms with Crippen molar-refractivity contribution in [3.8, 4) is 11.6 Å². The fraction of sp³-hybridized carbons (Fsp3) is 0.200. The van der Waals surface area contributed by atoms with Crippen molar-refractivity contribution in [2.24, 2.45) is 0 Å². The molecule has 0 aliphatic carbocycles. The van der Waals surface area contributed by atoms with Crippen molar-refractivity contribution in [3.63, 3.8) is 0 Å². The van der Waals surface area contributed by atoms with Crippen LogP contribution in [0.2, 0.25) is 0 Å². The molecule has 0 spiro atoms. The number of nitrogens with two attached hydrogens (primary N) is 1. The molecule has 30 heavy (non-hydrogen) atoms. The summed E-state index contributed by atoms with van der Waals surface area (Å²) in [6, 6.07) is 23.1. The van der Waals surface area contributed by atoms with Crippen LogP contribution in [0.25, 0.3) is 10.8 Å². The van der Waals surface area contributed by atoms with Gasteiger partial charge in [0.25, 0.3) is 0 Å². The number of nitrogens with zero attached hydrogens (tertiary/aromatic N) is 3. The zero-order chi connectivity index (χ0) is 20.7. The Morgan fingerprint density at radius 3 is 2.57 bits per heavy atom. The summed E-state index contributed by atoms with van der Waals surface area (Å²) < 4.78 is 8.41. The first-order chi connectivity index (χ1) is 14.6. The van der Waals surface area contributed by atoms with Crippen molar-refractivity contribution in [3.05, 3.63) is 89.7 Å². The molecule has 1 atom stereocenters. The molecule has 0 unspecified atom stereocenters. The van der Waals surface area contributed by atoms with Gasteiger partial charge in [-0.2, -0.15) is 0 Å². The summed E-state index contributed by atoms with van der Waals surface area (Å²) in [7, 11) is 4.11. The summed E-state index contributed by atoms with van der Waals surface area (Å²) in [6.07, 6.45) is 1.79. The average Bonchev–Trinajstić information content (AvgIpc) is 2.77. The molecular weight excluding hydrogens is 372 g/mol. The van der Waals surface area contributed by atoms with Gasteiger partial charge in [-0.25, -0.2) is 4.57 Å². The second-order valence-electron chi connectivity index (χ2n) is 8.00. The maximum Gasteiger partial charge on any atom is 0.306 e. The molecule has 0 bridgehead atoms. The van der Waals surface area contributed by atoms with Gasteiger partial charge >= 0.3 is 5.88 Å². The van der Waals surface area contributed by atoms with Crippen LogP contribution in [0.1, 0.15) is 22.6 Å². The minimum atomic E-state index is -0.0335. The molecule has 1 aliphatic rings. The molecule has 5 rings (SSSR count). The predicted octanol–water partition coefficient (Wildman–Crippen LogP) is 3.95. The molecule has 2 heterocycles. The summed E-state index contributed by atoms with van der Waals surface area (Å²) in [6.45, 7) is 1.65. The first-order valence-electron chi connectivity index (χ1n) is 10.2. The number of likely N-dealkylation sites (N-methyl/N-ethyl adjacent to an activating group) is 1. The van der Waals surface area contributed by atoms with Gasteiger partial charge < -0.3 is 15.4 Å². The van der Waals surface area contributed by atoms with E-state index in [-0.39, 0.29) is 5.92 Å².